The summed E-state index contributed by atoms with van der Waals surface area (Å²) in [5, 5.41) is 31.9. The molecule has 1 aliphatic heterocycles. The number of carbonyl (C=O) groups is 1. The Kier molecular flexibility index (Phi) is 11.5. The zero-order chi connectivity index (χ0) is 31.9. The molecular formula is C34H43ClN2O7. The highest BCUT2D eigenvalue weighted by atomic mass is 35.5. The first kappa shape index (κ1) is 33.6. The predicted octanol–water partition coefficient (Wildman–Crippen LogP) is 4.97. The summed E-state index contributed by atoms with van der Waals surface area (Å²) in [5.74, 6) is 0.627. The van der Waals surface area contributed by atoms with Gasteiger partial charge in [-0.15, -0.1) is 0 Å². The molecule has 3 aromatic rings. The number of carboxylic acid groups (broad SMARTS) is 1. The number of methoxy groups -OCH3 is 1. The molecule has 238 valence electrons. The molecule has 0 aliphatic carbocycles. The van der Waals surface area contributed by atoms with E-state index in [0.717, 1.165) is 66.0 Å². The van der Waals surface area contributed by atoms with Crippen LogP contribution in [0.25, 0.3) is 11.1 Å². The van der Waals surface area contributed by atoms with Crippen LogP contribution in [-0.4, -0.2) is 77.8 Å². The summed E-state index contributed by atoms with van der Waals surface area (Å²) < 4.78 is 17.9. The van der Waals surface area contributed by atoms with Gasteiger partial charge in [-0.05, 0) is 73.6 Å². The molecule has 1 heterocycles. The second-order valence-electron chi connectivity index (χ2n) is 11.5. The Morgan fingerprint density at radius 1 is 1.05 bits per heavy atom. The van der Waals surface area contributed by atoms with E-state index >= 15 is 0 Å². The minimum absolute atomic E-state index is 0.123. The summed E-state index contributed by atoms with van der Waals surface area (Å²) in [6, 6.07) is 15.6. The lowest BCUT2D eigenvalue weighted by atomic mass is 9.93. The van der Waals surface area contributed by atoms with Gasteiger partial charge in [0.15, 0.2) is 0 Å². The number of β-amino-alcohol motifs (C(OH)–C–C–N with tert-alkyl or cyclic N) is 1. The highest BCUT2D eigenvalue weighted by Crippen LogP contribution is 2.36. The van der Waals surface area contributed by atoms with E-state index < -0.39 is 18.1 Å². The van der Waals surface area contributed by atoms with E-state index in [1.54, 1.807) is 12.1 Å². The van der Waals surface area contributed by atoms with Crippen LogP contribution in [0, 0.1) is 13.8 Å². The minimum Gasteiger partial charge on any atom is -0.496 e. The second kappa shape index (κ2) is 15.1. The van der Waals surface area contributed by atoms with Crippen molar-refractivity contribution in [2.45, 2.75) is 58.4 Å². The van der Waals surface area contributed by atoms with Crippen molar-refractivity contribution in [2.24, 2.45) is 0 Å². The number of likely N-dealkylation sites (tertiary alicyclic amines) is 1. The van der Waals surface area contributed by atoms with Gasteiger partial charge in [0, 0.05) is 37.8 Å². The van der Waals surface area contributed by atoms with E-state index in [4.69, 9.17) is 25.8 Å². The summed E-state index contributed by atoms with van der Waals surface area (Å²) in [6.07, 6.45) is 1.54. The maximum Gasteiger partial charge on any atom is 0.326 e. The molecule has 1 aliphatic rings. The second-order valence-corrected chi connectivity index (χ2v) is 11.9. The molecule has 0 amide bonds. The lowest BCUT2D eigenvalue weighted by Gasteiger charge is -2.24. The van der Waals surface area contributed by atoms with Crippen molar-refractivity contribution >= 4 is 17.6 Å². The average Bonchev–Trinajstić information content (AvgIpc) is 3.43. The van der Waals surface area contributed by atoms with Gasteiger partial charge in [-0.3, -0.25) is 10.1 Å². The molecule has 4 rings (SSSR count). The number of aliphatic hydroxyl groups excluding tert-OH is 2. The van der Waals surface area contributed by atoms with Gasteiger partial charge in [0.2, 0.25) is 0 Å². The standard InChI is InChI=1S/C34H43ClN2O7/c1-22-24(20-44-32-17-31(42-4)25(16-29(32)35)18-36-34(3,21-38)33(40)41)8-5-9-27(22)28-10-6-11-30(23(28)2)43-15-7-13-37-14-12-26(39)19-37/h5-6,8-11,16-17,26,36,38-39H,7,12-15,18-21H2,1-4H3,(H,40,41)/t26-,34?/m1/s1. The number of rotatable bonds is 15. The quantitative estimate of drug-likeness (QED) is 0.173. The van der Waals surface area contributed by atoms with Gasteiger partial charge in [0.1, 0.15) is 29.4 Å². The van der Waals surface area contributed by atoms with Crippen LogP contribution in [0.1, 0.15) is 42.0 Å². The van der Waals surface area contributed by atoms with E-state index in [9.17, 15) is 20.1 Å². The first-order valence-electron chi connectivity index (χ1n) is 14.9. The number of carboxylic acids is 1. The predicted molar refractivity (Wildman–Crippen MR) is 171 cm³/mol. The Hall–Kier alpha value is -3.34. The first-order chi connectivity index (χ1) is 21.1. The molecule has 0 radical (unpaired) electrons. The van der Waals surface area contributed by atoms with E-state index in [2.05, 4.69) is 36.2 Å². The Morgan fingerprint density at radius 3 is 2.43 bits per heavy atom. The van der Waals surface area contributed by atoms with Gasteiger partial charge in [-0.25, -0.2) is 0 Å². The zero-order valence-electron chi connectivity index (χ0n) is 25.9. The fourth-order valence-corrected chi connectivity index (χ4v) is 5.58. The molecule has 44 heavy (non-hydrogen) atoms. The van der Waals surface area contributed by atoms with Crippen LogP contribution in [0.4, 0.5) is 0 Å². The highest BCUT2D eigenvalue weighted by Gasteiger charge is 2.32. The largest absolute Gasteiger partial charge is 0.496 e. The number of halogens is 1. The number of hydrogen-bond acceptors (Lipinski definition) is 8. The van der Waals surface area contributed by atoms with Crippen molar-refractivity contribution < 1.29 is 34.3 Å². The van der Waals surface area contributed by atoms with Crippen molar-refractivity contribution in [1.82, 2.24) is 10.2 Å². The minimum atomic E-state index is -1.50. The lowest BCUT2D eigenvalue weighted by Crippen LogP contribution is -2.52. The van der Waals surface area contributed by atoms with E-state index in [-0.39, 0.29) is 19.3 Å². The number of hydrogen-bond donors (Lipinski definition) is 4. The summed E-state index contributed by atoms with van der Waals surface area (Å²) in [7, 11) is 1.52. The fourth-order valence-electron chi connectivity index (χ4n) is 5.34. The molecule has 0 saturated carbocycles. The maximum absolute atomic E-state index is 11.5. The molecule has 9 nitrogen and oxygen atoms in total. The molecule has 0 bridgehead atoms. The zero-order valence-corrected chi connectivity index (χ0v) is 26.6. The topological polar surface area (TPSA) is 121 Å². The van der Waals surface area contributed by atoms with Gasteiger partial charge in [0.25, 0.3) is 0 Å². The van der Waals surface area contributed by atoms with Crippen molar-refractivity contribution in [3.63, 3.8) is 0 Å². The monoisotopic (exact) mass is 626 g/mol. The summed E-state index contributed by atoms with van der Waals surface area (Å²) >= 11 is 6.57. The fraction of sp³-hybridized carbons (Fsp3) is 0.441. The molecular weight excluding hydrogens is 584 g/mol. The van der Waals surface area contributed by atoms with Crippen molar-refractivity contribution in [3.05, 3.63) is 75.8 Å². The molecule has 2 atom stereocenters. The first-order valence-corrected chi connectivity index (χ1v) is 15.2. The average molecular weight is 627 g/mol. The third kappa shape index (κ3) is 8.02. The van der Waals surface area contributed by atoms with Crippen molar-refractivity contribution in [3.8, 4) is 28.4 Å². The summed E-state index contributed by atoms with van der Waals surface area (Å²) in [6.45, 7) is 8.61. The molecule has 1 fully saturated rings. The number of nitrogens with one attached hydrogen (secondary N) is 1. The molecule has 0 aromatic heterocycles. The van der Waals surface area contributed by atoms with Crippen LogP contribution in [-0.2, 0) is 17.9 Å². The van der Waals surface area contributed by atoms with E-state index in [1.165, 1.54) is 14.0 Å². The maximum atomic E-state index is 11.5. The van der Waals surface area contributed by atoms with Crippen LogP contribution in [0.15, 0.2) is 48.5 Å². The molecule has 10 heteroatoms. The Balaban J connectivity index is 1.43. The third-order valence-electron chi connectivity index (χ3n) is 8.32. The van der Waals surface area contributed by atoms with Gasteiger partial charge in [-0.1, -0.05) is 41.9 Å². The summed E-state index contributed by atoms with van der Waals surface area (Å²) in [5.41, 5.74) is 4.48. The Bertz CT molecular complexity index is 1450. The molecule has 1 saturated heterocycles. The molecule has 0 spiro atoms. The smallest absolute Gasteiger partial charge is 0.326 e. The van der Waals surface area contributed by atoms with Crippen molar-refractivity contribution in [1.29, 1.82) is 0 Å². The van der Waals surface area contributed by atoms with Gasteiger partial charge >= 0.3 is 5.97 Å². The van der Waals surface area contributed by atoms with E-state index in [1.807, 2.05) is 24.3 Å². The van der Waals surface area contributed by atoms with Crippen molar-refractivity contribution in [2.75, 3.05) is 40.0 Å². The van der Waals surface area contributed by atoms with Gasteiger partial charge < -0.3 is 34.4 Å². The Morgan fingerprint density at radius 2 is 1.77 bits per heavy atom. The molecule has 1 unspecified atom stereocenters. The lowest BCUT2D eigenvalue weighted by molar-refractivity contribution is -0.145. The highest BCUT2D eigenvalue weighted by molar-refractivity contribution is 6.32. The van der Waals surface area contributed by atoms with Crippen LogP contribution in [0.2, 0.25) is 5.02 Å². The molecule has 3 aromatic carbocycles. The SMILES string of the molecule is COc1cc(OCc2cccc(-c3cccc(OCCCN4CC[C@@H](O)C4)c3C)c2C)c(Cl)cc1CNC(C)(CO)C(=O)O. The van der Waals surface area contributed by atoms with Crippen LogP contribution < -0.4 is 19.5 Å². The van der Waals surface area contributed by atoms with Crippen LogP contribution >= 0.6 is 11.6 Å². The number of benzene rings is 3. The third-order valence-corrected chi connectivity index (χ3v) is 8.61. The number of aliphatic hydroxyl groups is 2. The normalized spacial score (nSPS) is 16.5. The number of aliphatic carboxylic acids is 1. The van der Waals surface area contributed by atoms with Crippen LogP contribution in [0.5, 0.6) is 17.2 Å². The molecule has 4 N–H and O–H groups in total. The Labute approximate surface area is 264 Å². The van der Waals surface area contributed by atoms with Gasteiger partial charge in [-0.2, -0.15) is 0 Å². The van der Waals surface area contributed by atoms with E-state index in [0.29, 0.717) is 28.7 Å². The summed E-state index contributed by atoms with van der Waals surface area (Å²) in [4.78, 5) is 13.8. The number of nitrogens with zero attached hydrogens (tertiary/aromatic N) is 1. The van der Waals surface area contributed by atoms with Gasteiger partial charge in [0.05, 0.1) is 31.5 Å². The van der Waals surface area contributed by atoms with Crippen LogP contribution in [0.3, 0.4) is 0 Å². The number of ether oxygens (including phenoxy) is 3.